The van der Waals surface area contributed by atoms with Crippen molar-refractivity contribution in [2.24, 2.45) is 5.10 Å². The van der Waals surface area contributed by atoms with Gasteiger partial charge >= 0.3 is 0 Å². The SMILES string of the molecule is COc1cc(Br)cc(C=NNc2nnc(-c3ccccc3)c(-c3ccccc3)n2)c1O. The maximum absolute atomic E-state index is 10.3. The molecule has 0 spiro atoms. The Morgan fingerprint density at radius 3 is 2.23 bits per heavy atom. The van der Waals surface area contributed by atoms with Gasteiger partial charge in [0.2, 0.25) is 0 Å². The van der Waals surface area contributed by atoms with Gasteiger partial charge in [0.1, 0.15) is 11.4 Å². The Balaban J connectivity index is 1.66. The molecule has 2 N–H and O–H groups in total. The first kappa shape index (κ1) is 20.5. The molecule has 0 aliphatic heterocycles. The summed E-state index contributed by atoms with van der Waals surface area (Å²) in [6.45, 7) is 0. The summed E-state index contributed by atoms with van der Waals surface area (Å²) in [5.41, 5.74) is 6.45. The first-order valence-electron chi connectivity index (χ1n) is 9.37. The van der Waals surface area contributed by atoms with Gasteiger partial charge in [0.25, 0.3) is 5.95 Å². The molecule has 0 unspecified atom stereocenters. The summed E-state index contributed by atoms with van der Waals surface area (Å²) in [6.07, 6.45) is 1.46. The second kappa shape index (κ2) is 9.36. The third kappa shape index (κ3) is 4.70. The minimum absolute atomic E-state index is 0.0142. The molecule has 0 aliphatic carbocycles. The Morgan fingerprint density at radius 2 is 1.58 bits per heavy atom. The predicted molar refractivity (Wildman–Crippen MR) is 124 cm³/mol. The lowest BCUT2D eigenvalue weighted by Gasteiger charge is -2.09. The molecule has 31 heavy (non-hydrogen) atoms. The van der Waals surface area contributed by atoms with E-state index < -0.39 is 0 Å². The molecule has 1 heterocycles. The largest absolute Gasteiger partial charge is 0.504 e. The van der Waals surface area contributed by atoms with Crippen LogP contribution in [0.1, 0.15) is 5.56 Å². The molecule has 0 amide bonds. The standard InChI is InChI=1S/C23H18BrN5O2/c1-31-19-13-18(24)12-17(22(19)30)14-25-28-23-26-20(15-8-4-2-5-9-15)21(27-29-23)16-10-6-3-7-11-16/h2-14,30H,1H3,(H,26,28,29). The molecule has 0 radical (unpaired) electrons. The van der Waals surface area contributed by atoms with Gasteiger partial charge in [-0.05, 0) is 12.1 Å². The second-order valence-corrected chi connectivity index (χ2v) is 7.40. The van der Waals surface area contributed by atoms with Crippen LogP contribution in [0.3, 0.4) is 0 Å². The lowest BCUT2D eigenvalue weighted by atomic mass is 10.0. The minimum atomic E-state index is -0.0142. The van der Waals surface area contributed by atoms with E-state index in [4.69, 9.17) is 4.74 Å². The zero-order valence-electron chi connectivity index (χ0n) is 16.5. The lowest BCUT2D eigenvalue weighted by Crippen LogP contribution is -2.03. The van der Waals surface area contributed by atoms with Crippen molar-refractivity contribution in [1.82, 2.24) is 15.2 Å². The van der Waals surface area contributed by atoms with Gasteiger partial charge in [-0.15, -0.1) is 10.2 Å². The third-order valence-corrected chi connectivity index (χ3v) is 4.90. The molecule has 4 aromatic rings. The van der Waals surface area contributed by atoms with Crippen LogP contribution in [0.5, 0.6) is 11.5 Å². The van der Waals surface area contributed by atoms with Gasteiger partial charge in [0.05, 0.1) is 13.3 Å². The highest BCUT2D eigenvalue weighted by molar-refractivity contribution is 9.10. The molecule has 0 atom stereocenters. The van der Waals surface area contributed by atoms with Gasteiger partial charge in [-0.3, -0.25) is 0 Å². The number of hydrazone groups is 1. The number of benzene rings is 3. The number of hydrogen-bond donors (Lipinski definition) is 2. The molecule has 4 rings (SSSR count). The average molecular weight is 476 g/mol. The highest BCUT2D eigenvalue weighted by Crippen LogP contribution is 2.32. The highest BCUT2D eigenvalue weighted by atomic mass is 79.9. The molecule has 154 valence electrons. The molecule has 0 bridgehead atoms. The number of aromatic nitrogens is 3. The highest BCUT2D eigenvalue weighted by Gasteiger charge is 2.13. The van der Waals surface area contributed by atoms with Gasteiger partial charge in [-0.2, -0.15) is 5.10 Å². The second-order valence-electron chi connectivity index (χ2n) is 6.48. The molecule has 8 heteroatoms. The van der Waals surface area contributed by atoms with Crippen LogP contribution in [0.2, 0.25) is 0 Å². The Morgan fingerprint density at radius 1 is 0.935 bits per heavy atom. The smallest absolute Gasteiger partial charge is 0.263 e. The van der Waals surface area contributed by atoms with Crippen LogP contribution in [0.25, 0.3) is 22.5 Å². The van der Waals surface area contributed by atoms with Crippen LogP contribution in [0.4, 0.5) is 5.95 Å². The fourth-order valence-corrected chi connectivity index (χ4v) is 3.42. The molecule has 3 aromatic carbocycles. The van der Waals surface area contributed by atoms with E-state index in [1.807, 2.05) is 60.7 Å². The fraction of sp³-hybridized carbons (Fsp3) is 0.0435. The van der Waals surface area contributed by atoms with Crippen molar-refractivity contribution >= 4 is 28.1 Å². The Labute approximate surface area is 187 Å². The third-order valence-electron chi connectivity index (χ3n) is 4.44. The van der Waals surface area contributed by atoms with Gasteiger partial charge in [0, 0.05) is 21.2 Å². The maximum atomic E-state index is 10.3. The van der Waals surface area contributed by atoms with Crippen LogP contribution in [0.15, 0.2) is 82.4 Å². The predicted octanol–water partition coefficient (Wildman–Crippen LogP) is 5.13. The number of nitrogens with zero attached hydrogens (tertiary/aromatic N) is 4. The van der Waals surface area contributed by atoms with Crippen molar-refractivity contribution in [3.05, 3.63) is 82.8 Å². The summed E-state index contributed by atoms with van der Waals surface area (Å²) in [5.74, 6) is 0.559. The number of nitrogens with one attached hydrogen (secondary N) is 1. The van der Waals surface area contributed by atoms with Crippen LogP contribution < -0.4 is 10.2 Å². The summed E-state index contributed by atoms with van der Waals surface area (Å²) in [7, 11) is 1.49. The molecule has 0 fully saturated rings. The zero-order chi connectivity index (χ0) is 21.6. The van der Waals surface area contributed by atoms with E-state index in [2.05, 4.69) is 41.6 Å². The number of aromatic hydroxyl groups is 1. The summed E-state index contributed by atoms with van der Waals surface area (Å²) < 4.78 is 5.90. The molecular formula is C23H18BrN5O2. The number of ether oxygens (including phenoxy) is 1. The van der Waals surface area contributed by atoms with Crippen molar-refractivity contribution in [2.45, 2.75) is 0 Å². The Bertz CT molecular complexity index is 1220. The van der Waals surface area contributed by atoms with Crippen molar-refractivity contribution < 1.29 is 9.84 Å². The fourth-order valence-electron chi connectivity index (χ4n) is 2.97. The van der Waals surface area contributed by atoms with E-state index in [1.165, 1.54) is 13.3 Å². The van der Waals surface area contributed by atoms with E-state index >= 15 is 0 Å². The lowest BCUT2D eigenvalue weighted by molar-refractivity contribution is 0.373. The number of halogens is 1. The summed E-state index contributed by atoms with van der Waals surface area (Å²) in [6, 6.07) is 22.9. The molecule has 0 saturated heterocycles. The van der Waals surface area contributed by atoms with E-state index in [-0.39, 0.29) is 11.7 Å². The summed E-state index contributed by atoms with van der Waals surface area (Å²) in [5, 5.41) is 23.0. The number of rotatable bonds is 6. The average Bonchev–Trinajstić information content (AvgIpc) is 2.82. The molecule has 0 aliphatic rings. The normalized spacial score (nSPS) is 10.9. The Kier molecular flexibility index (Phi) is 6.18. The quantitative estimate of drug-likeness (QED) is 0.296. The Hall–Kier alpha value is -3.78. The monoisotopic (exact) mass is 475 g/mol. The van der Waals surface area contributed by atoms with Crippen molar-refractivity contribution in [2.75, 3.05) is 12.5 Å². The molecule has 1 aromatic heterocycles. The minimum Gasteiger partial charge on any atom is -0.504 e. The number of anilines is 1. The van der Waals surface area contributed by atoms with Gasteiger partial charge in [0.15, 0.2) is 11.5 Å². The molecule has 7 nitrogen and oxygen atoms in total. The van der Waals surface area contributed by atoms with Crippen LogP contribution in [0, 0.1) is 0 Å². The van der Waals surface area contributed by atoms with Gasteiger partial charge in [-0.25, -0.2) is 10.4 Å². The number of methoxy groups -OCH3 is 1. The molecule has 0 saturated carbocycles. The molecular weight excluding hydrogens is 458 g/mol. The van der Waals surface area contributed by atoms with Crippen molar-refractivity contribution in [3.63, 3.8) is 0 Å². The van der Waals surface area contributed by atoms with Crippen LogP contribution >= 0.6 is 15.9 Å². The van der Waals surface area contributed by atoms with Crippen molar-refractivity contribution in [1.29, 1.82) is 0 Å². The van der Waals surface area contributed by atoms with E-state index in [9.17, 15) is 5.11 Å². The first-order chi connectivity index (χ1) is 15.2. The van der Waals surface area contributed by atoms with E-state index in [0.29, 0.717) is 22.7 Å². The maximum Gasteiger partial charge on any atom is 0.263 e. The number of hydrogen-bond acceptors (Lipinski definition) is 7. The topological polar surface area (TPSA) is 92.5 Å². The zero-order valence-corrected chi connectivity index (χ0v) is 18.1. The van der Waals surface area contributed by atoms with Gasteiger partial charge < -0.3 is 9.84 Å². The summed E-state index contributed by atoms with van der Waals surface area (Å²) in [4.78, 5) is 4.63. The number of phenols is 1. The number of phenolic OH excluding ortho intramolecular Hbond substituents is 1. The van der Waals surface area contributed by atoms with E-state index in [0.717, 1.165) is 15.6 Å². The first-order valence-corrected chi connectivity index (χ1v) is 10.2. The van der Waals surface area contributed by atoms with Gasteiger partial charge in [-0.1, -0.05) is 76.6 Å². The van der Waals surface area contributed by atoms with Crippen LogP contribution in [-0.2, 0) is 0 Å². The van der Waals surface area contributed by atoms with Crippen molar-refractivity contribution in [3.8, 4) is 34.0 Å². The van der Waals surface area contributed by atoms with Crippen LogP contribution in [-0.4, -0.2) is 33.6 Å². The summed E-state index contributed by atoms with van der Waals surface area (Å²) >= 11 is 3.38. The van der Waals surface area contributed by atoms with E-state index in [1.54, 1.807) is 12.1 Å².